The van der Waals surface area contributed by atoms with Crippen LogP contribution in [0.2, 0.25) is 0 Å². The zero-order chi connectivity index (χ0) is 16.2. The van der Waals surface area contributed by atoms with Gasteiger partial charge in [0.15, 0.2) is 0 Å². The highest BCUT2D eigenvalue weighted by molar-refractivity contribution is 6.00. The number of likely N-dealkylation sites (N-methyl/N-ethyl adjacent to an activating group) is 1. The summed E-state index contributed by atoms with van der Waals surface area (Å²) in [6.45, 7) is 4.14. The summed E-state index contributed by atoms with van der Waals surface area (Å²) < 4.78 is 43.5. The number of halogens is 3. The maximum Gasteiger partial charge on any atom is 0.418 e. The number of rotatable bonds is 5. The van der Waals surface area contributed by atoms with Crippen molar-refractivity contribution in [3.05, 3.63) is 29.3 Å². The predicted molar refractivity (Wildman–Crippen MR) is 73.9 cm³/mol. The Bertz CT molecular complexity index is 503. The molecule has 1 rings (SSSR count). The first-order valence-electron chi connectivity index (χ1n) is 6.49. The van der Waals surface area contributed by atoms with E-state index in [1.54, 1.807) is 13.8 Å². The Morgan fingerprint density at radius 2 is 2.05 bits per heavy atom. The first kappa shape index (κ1) is 17.3. The van der Waals surface area contributed by atoms with Crippen molar-refractivity contribution in [3.8, 4) is 0 Å². The molecule has 2 N–H and O–H groups in total. The van der Waals surface area contributed by atoms with Gasteiger partial charge in [-0.1, -0.05) is 6.07 Å². The topological polar surface area (TPSA) is 55.6 Å². The Kier molecular flexibility index (Phi) is 5.60. The van der Waals surface area contributed by atoms with Gasteiger partial charge in [0.2, 0.25) is 0 Å². The van der Waals surface area contributed by atoms with Gasteiger partial charge >= 0.3 is 6.18 Å². The molecule has 21 heavy (non-hydrogen) atoms. The minimum Gasteiger partial charge on any atom is -0.398 e. The van der Waals surface area contributed by atoms with E-state index in [1.807, 2.05) is 0 Å². The Morgan fingerprint density at radius 3 is 2.52 bits per heavy atom. The summed E-state index contributed by atoms with van der Waals surface area (Å²) in [6.07, 6.45) is -4.59. The zero-order valence-corrected chi connectivity index (χ0v) is 12.2. The van der Waals surface area contributed by atoms with E-state index in [9.17, 15) is 18.0 Å². The summed E-state index contributed by atoms with van der Waals surface area (Å²) in [7, 11) is 1.49. The lowest BCUT2D eigenvalue weighted by molar-refractivity contribution is -0.136. The molecular weight excluding hydrogens is 285 g/mol. The van der Waals surface area contributed by atoms with Gasteiger partial charge in [-0.25, -0.2) is 0 Å². The predicted octanol–water partition coefficient (Wildman–Crippen LogP) is 2.78. The van der Waals surface area contributed by atoms with E-state index in [-0.39, 0.29) is 11.6 Å². The molecule has 0 spiro atoms. The third-order valence-corrected chi connectivity index (χ3v) is 3.18. The van der Waals surface area contributed by atoms with Crippen LogP contribution in [0.5, 0.6) is 0 Å². The summed E-state index contributed by atoms with van der Waals surface area (Å²) >= 11 is 0. The molecule has 0 aliphatic carbocycles. The van der Waals surface area contributed by atoms with E-state index in [0.29, 0.717) is 13.2 Å². The highest BCUT2D eigenvalue weighted by Crippen LogP contribution is 2.35. The molecule has 1 aromatic carbocycles. The van der Waals surface area contributed by atoms with Gasteiger partial charge < -0.3 is 15.4 Å². The number of carbonyl (C=O) groups is 1. The number of nitrogens with zero attached hydrogens (tertiary/aromatic N) is 1. The highest BCUT2D eigenvalue weighted by atomic mass is 19.4. The molecule has 1 aromatic rings. The van der Waals surface area contributed by atoms with Crippen LogP contribution < -0.4 is 5.73 Å². The normalized spacial score (nSPS) is 13.0. The lowest BCUT2D eigenvalue weighted by Gasteiger charge is -2.28. The Balaban J connectivity index is 3.18. The number of ether oxygens (including phenoxy) is 1. The first-order valence-corrected chi connectivity index (χ1v) is 6.49. The molecule has 7 heteroatoms. The smallest absolute Gasteiger partial charge is 0.398 e. The van der Waals surface area contributed by atoms with Gasteiger partial charge in [0, 0.05) is 13.7 Å². The summed E-state index contributed by atoms with van der Waals surface area (Å²) in [6, 6.07) is 3.08. The van der Waals surface area contributed by atoms with Crippen molar-refractivity contribution < 1.29 is 22.7 Å². The van der Waals surface area contributed by atoms with Gasteiger partial charge in [-0.15, -0.1) is 0 Å². The van der Waals surface area contributed by atoms with Crippen molar-refractivity contribution in [2.45, 2.75) is 26.1 Å². The van der Waals surface area contributed by atoms with Gasteiger partial charge in [-0.05, 0) is 26.0 Å². The van der Waals surface area contributed by atoms with Crippen LogP contribution in [0.4, 0.5) is 18.9 Å². The lowest BCUT2D eigenvalue weighted by atomic mass is 10.0. The number of alkyl halides is 3. The van der Waals surface area contributed by atoms with Crippen LogP contribution in [0.15, 0.2) is 18.2 Å². The summed E-state index contributed by atoms with van der Waals surface area (Å²) in [5.41, 5.74) is 3.85. The van der Waals surface area contributed by atoms with E-state index in [4.69, 9.17) is 10.5 Å². The number of nitrogens with two attached hydrogens (primary N) is 1. The molecule has 0 saturated heterocycles. The maximum absolute atomic E-state index is 12.8. The van der Waals surface area contributed by atoms with E-state index < -0.39 is 23.3 Å². The maximum atomic E-state index is 12.8. The third kappa shape index (κ3) is 3.87. The summed E-state index contributed by atoms with van der Waals surface area (Å²) in [5.74, 6) is -0.536. The number of carbonyl (C=O) groups excluding carboxylic acids is 1. The first-order chi connectivity index (χ1) is 9.73. The van der Waals surface area contributed by atoms with E-state index in [0.717, 1.165) is 6.07 Å². The second-order valence-corrected chi connectivity index (χ2v) is 4.66. The fourth-order valence-electron chi connectivity index (χ4n) is 2.14. The van der Waals surface area contributed by atoms with E-state index >= 15 is 0 Å². The van der Waals surface area contributed by atoms with Crippen LogP contribution in [0, 0.1) is 0 Å². The highest BCUT2D eigenvalue weighted by Gasteiger charge is 2.35. The van der Waals surface area contributed by atoms with Gasteiger partial charge in [0.25, 0.3) is 5.91 Å². The van der Waals surface area contributed by atoms with Gasteiger partial charge in [-0.2, -0.15) is 13.2 Å². The van der Waals surface area contributed by atoms with Gasteiger partial charge in [0.1, 0.15) is 0 Å². The minimum absolute atomic E-state index is 0.144. The fraction of sp³-hybridized carbons (Fsp3) is 0.500. The van der Waals surface area contributed by atoms with Crippen LogP contribution in [0.25, 0.3) is 0 Å². The average Bonchev–Trinajstić information content (AvgIpc) is 2.38. The van der Waals surface area contributed by atoms with Crippen molar-refractivity contribution in [2.75, 3.05) is 26.0 Å². The van der Waals surface area contributed by atoms with Crippen LogP contribution in [0.1, 0.15) is 29.8 Å². The molecule has 0 aliphatic heterocycles. The molecule has 0 heterocycles. The Morgan fingerprint density at radius 1 is 1.43 bits per heavy atom. The van der Waals surface area contributed by atoms with Crippen LogP contribution in [-0.4, -0.2) is 37.1 Å². The molecule has 0 bridgehead atoms. The van der Waals surface area contributed by atoms with Crippen LogP contribution >= 0.6 is 0 Å². The molecular formula is C14H19F3N2O2. The molecule has 1 atom stereocenters. The molecule has 4 nitrogen and oxygen atoms in total. The van der Waals surface area contributed by atoms with E-state index in [1.165, 1.54) is 24.1 Å². The Hall–Kier alpha value is -1.76. The van der Waals surface area contributed by atoms with Gasteiger partial charge in [-0.3, -0.25) is 4.79 Å². The largest absolute Gasteiger partial charge is 0.418 e. The zero-order valence-electron chi connectivity index (χ0n) is 12.2. The number of anilines is 1. The van der Waals surface area contributed by atoms with Crippen molar-refractivity contribution in [1.82, 2.24) is 4.90 Å². The average molecular weight is 304 g/mol. The number of amides is 1. The van der Waals surface area contributed by atoms with Crippen LogP contribution in [-0.2, 0) is 10.9 Å². The summed E-state index contributed by atoms with van der Waals surface area (Å²) in [4.78, 5) is 13.8. The second kappa shape index (κ2) is 6.80. The fourth-order valence-corrected chi connectivity index (χ4v) is 2.14. The lowest BCUT2D eigenvalue weighted by Crippen LogP contribution is -2.41. The summed E-state index contributed by atoms with van der Waals surface area (Å²) in [5, 5.41) is 0. The number of hydrogen-bond acceptors (Lipinski definition) is 3. The monoisotopic (exact) mass is 304 g/mol. The number of hydrogen-bond donors (Lipinski definition) is 1. The third-order valence-electron chi connectivity index (χ3n) is 3.18. The molecule has 1 unspecified atom stereocenters. The number of methoxy groups -OCH3 is 1. The van der Waals surface area contributed by atoms with Crippen molar-refractivity contribution in [2.24, 2.45) is 0 Å². The molecule has 0 aliphatic rings. The molecule has 0 saturated carbocycles. The standard InChI is InChI=1S/C14H19F3N2O2/c1-4-19(9(2)8-21-3)13(20)10-6-5-7-11(12(10)18)14(15,16)17/h5-7,9H,4,8,18H2,1-3H3. The van der Waals surface area contributed by atoms with E-state index in [2.05, 4.69) is 0 Å². The molecule has 0 radical (unpaired) electrons. The molecule has 0 aromatic heterocycles. The van der Waals surface area contributed by atoms with Crippen molar-refractivity contribution in [3.63, 3.8) is 0 Å². The second-order valence-electron chi connectivity index (χ2n) is 4.66. The number of nitrogen functional groups attached to an aromatic ring is 1. The number of para-hydroxylation sites is 1. The van der Waals surface area contributed by atoms with Crippen molar-refractivity contribution in [1.29, 1.82) is 0 Å². The molecule has 0 fully saturated rings. The molecule has 1 amide bonds. The van der Waals surface area contributed by atoms with Crippen molar-refractivity contribution >= 4 is 11.6 Å². The Labute approximate surface area is 121 Å². The van der Waals surface area contributed by atoms with Gasteiger partial charge in [0.05, 0.1) is 29.5 Å². The SMILES string of the molecule is CCN(C(=O)c1cccc(C(F)(F)F)c1N)C(C)COC. The van der Waals surface area contributed by atoms with Crippen LogP contribution in [0.3, 0.4) is 0 Å². The quantitative estimate of drug-likeness (QED) is 0.851. The number of benzene rings is 1. The molecule has 118 valence electrons. The minimum atomic E-state index is -4.59.